The molecule has 0 aromatic heterocycles. The number of rotatable bonds is 9. The largest absolute Gasteiger partial charge is 0.465 e. The molecule has 0 aliphatic heterocycles. The average molecular weight is 466 g/mol. The van der Waals surface area contributed by atoms with Gasteiger partial charge in [-0.1, -0.05) is 0 Å². The van der Waals surface area contributed by atoms with Gasteiger partial charge in [-0.2, -0.15) is 0 Å². The molecular formula is C23H35N3O7. The van der Waals surface area contributed by atoms with E-state index in [4.69, 9.17) is 14.2 Å². The van der Waals surface area contributed by atoms with Gasteiger partial charge in [0.2, 0.25) is 0 Å². The Morgan fingerprint density at radius 2 is 1.48 bits per heavy atom. The number of ether oxygens (including phenoxy) is 3. The number of carbonyl (C=O) groups excluding carboxylic acids is 4. The lowest BCUT2D eigenvalue weighted by atomic mass is 10.1. The molecule has 0 aliphatic carbocycles. The molecule has 33 heavy (non-hydrogen) atoms. The van der Waals surface area contributed by atoms with E-state index in [1.807, 2.05) is 0 Å². The summed E-state index contributed by atoms with van der Waals surface area (Å²) in [6, 6.07) is 4.78. The number of hydrogen-bond acceptors (Lipinski definition) is 8. The maximum absolute atomic E-state index is 12.7. The predicted octanol–water partition coefficient (Wildman–Crippen LogP) is 2.83. The van der Waals surface area contributed by atoms with Crippen LogP contribution in [0.25, 0.3) is 0 Å². The van der Waals surface area contributed by atoms with Gasteiger partial charge in [0.1, 0.15) is 18.7 Å². The molecule has 184 valence electrons. The van der Waals surface area contributed by atoms with Crippen molar-refractivity contribution in [3.8, 4) is 0 Å². The van der Waals surface area contributed by atoms with Crippen molar-refractivity contribution in [3.63, 3.8) is 0 Å². The van der Waals surface area contributed by atoms with E-state index in [0.29, 0.717) is 16.8 Å². The molecule has 1 aromatic carbocycles. The Hall–Kier alpha value is -3.30. The van der Waals surface area contributed by atoms with E-state index in [2.05, 4.69) is 5.43 Å². The third-order valence-electron chi connectivity index (χ3n) is 4.22. The van der Waals surface area contributed by atoms with E-state index in [9.17, 15) is 19.2 Å². The molecule has 0 heterocycles. The minimum Gasteiger partial charge on any atom is -0.465 e. The summed E-state index contributed by atoms with van der Waals surface area (Å²) in [6.07, 6.45) is -0.665. The van der Waals surface area contributed by atoms with E-state index >= 15 is 0 Å². The van der Waals surface area contributed by atoms with Crippen LogP contribution in [0.1, 0.15) is 57.5 Å². The van der Waals surface area contributed by atoms with Crippen LogP contribution in [-0.4, -0.2) is 67.4 Å². The first kappa shape index (κ1) is 27.7. The van der Waals surface area contributed by atoms with Gasteiger partial charge < -0.3 is 19.1 Å². The molecule has 0 fully saturated rings. The van der Waals surface area contributed by atoms with Gasteiger partial charge in [0, 0.05) is 17.8 Å². The van der Waals surface area contributed by atoms with Gasteiger partial charge in [0.15, 0.2) is 0 Å². The van der Waals surface area contributed by atoms with E-state index in [0.717, 1.165) is 5.01 Å². The van der Waals surface area contributed by atoms with Crippen LogP contribution in [0.3, 0.4) is 0 Å². The number of aryl methyl sites for hydroxylation is 1. The SMILES string of the molecule is CCOC(=O)CN(CC(=O)OCC)c1ccc(C(=O)NN(CC)C(=O)OC(C)(C)C)cc1C. The third-order valence-corrected chi connectivity index (χ3v) is 4.22. The van der Waals surface area contributed by atoms with Crippen molar-refractivity contribution in [2.24, 2.45) is 0 Å². The number of nitrogens with one attached hydrogen (secondary N) is 1. The molecule has 10 nitrogen and oxygen atoms in total. The quantitative estimate of drug-likeness (QED) is 0.336. The van der Waals surface area contributed by atoms with Gasteiger partial charge >= 0.3 is 18.0 Å². The fraction of sp³-hybridized carbons (Fsp3) is 0.565. The number of carbonyl (C=O) groups is 4. The van der Waals surface area contributed by atoms with Crippen LogP contribution in [0.15, 0.2) is 18.2 Å². The third kappa shape index (κ3) is 9.38. The fourth-order valence-electron chi connectivity index (χ4n) is 2.86. The molecule has 0 unspecified atom stereocenters. The van der Waals surface area contributed by atoms with Gasteiger partial charge in [0.25, 0.3) is 5.91 Å². The zero-order valence-corrected chi connectivity index (χ0v) is 20.5. The first-order valence-corrected chi connectivity index (χ1v) is 10.9. The molecule has 0 spiro atoms. The van der Waals surface area contributed by atoms with Crippen molar-refractivity contribution in [2.75, 3.05) is 37.7 Å². The standard InChI is InChI=1S/C23H35N3O7/c1-8-26(22(30)33-23(5,6)7)24-21(29)17-11-12-18(16(4)13-17)25(14-19(27)31-9-2)15-20(28)32-10-3/h11-13H,8-10,14-15H2,1-7H3,(H,24,29). The number of hydrazine groups is 1. The Morgan fingerprint density at radius 1 is 0.939 bits per heavy atom. The highest BCUT2D eigenvalue weighted by Crippen LogP contribution is 2.22. The number of hydrogen-bond donors (Lipinski definition) is 1. The van der Waals surface area contributed by atoms with Crippen molar-refractivity contribution < 1.29 is 33.4 Å². The maximum atomic E-state index is 12.7. The van der Waals surface area contributed by atoms with Gasteiger partial charge in [0.05, 0.1) is 13.2 Å². The number of amides is 2. The van der Waals surface area contributed by atoms with E-state index in [1.54, 1.807) is 66.7 Å². The first-order chi connectivity index (χ1) is 15.4. The van der Waals surface area contributed by atoms with Gasteiger partial charge in [-0.3, -0.25) is 19.8 Å². The van der Waals surface area contributed by atoms with Crippen molar-refractivity contribution in [1.82, 2.24) is 10.4 Å². The Morgan fingerprint density at radius 3 is 1.91 bits per heavy atom. The lowest BCUT2D eigenvalue weighted by Crippen LogP contribution is -2.48. The van der Waals surface area contributed by atoms with Crippen molar-refractivity contribution in [1.29, 1.82) is 0 Å². The molecule has 2 amide bonds. The van der Waals surface area contributed by atoms with E-state index in [1.165, 1.54) is 4.90 Å². The molecule has 0 saturated heterocycles. The normalized spacial score (nSPS) is 10.8. The molecule has 1 N–H and O–H groups in total. The minimum atomic E-state index is -0.700. The molecule has 0 radical (unpaired) electrons. The Labute approximate surface area is 195 Å². The van der Waals surface area contributed by atoms with E-state index in [-0.39, 0.29) is 32.8 Å². The highest BCUT2D eigenvalue weighted by atomic mass is 16.6. The second kappa shape index (κ2) is 12.7. The lowest BCUT2D eigenvalue weighted by molar-refractivity contribution is -0.142. The Kier molecular flexibility index (Phi) is 10.6. The highest BCUT2D eigenvalue weighted by Gasteiger charge is 2.24. The molecule has 1 aromatic rings. The number of benzene rings is 1. The van der Waals surface area contributed by atoms with Crippen molar-refractivity contribution in [3.05, 3.63) is 29.3 Å². The number of esters is 2. The summed E-state index contributed by atoms with van der Waals surface area (Å²) in [5, 5.41) is 1.09. The maximum Gasteiger partial charge on any atom is 0.429 e. The molecule has 0 atom stereocenters. The van der Waals surface area contributed by atoms with E-state index < -0.39 is 29.5 Å². The lowest BCUT2D eigenvalue weighted by Gasteiger charge is -2.27. The summed E-state index contributed by atoms with van der Waals surface area (Å²) < 4.78 is 15.3. The molecular weight excluding hydrogens is 430 g/mol. The second-order valence-electron chi connectivity index (χ2n) is 8.13. The van der Waals surface area contributed by atoms with Crippen LogP contribution in [0, 0.1) is 6.92 Å². The van der Waals surface area contributed by atoms with Gasteiger partial charge in [-0.15, -0.1) is 0 Å². The number of nitrogens with zero attached hydrogens (tertiary/aromatic N) is 2. The predicted molar refractivity (Wildman–Crippen MR) is 123 cm³/mol. The molecule has 0 aliphatic rings. The number of anilines is 1. The summed E-state index contributed by atoms with van der Waals surface area (Å²) in [7, 11) is 0. The average Bonchev–Trinajstić information content (AvgIpc) is 2.70. The monoisotopic (exact) mass is 465 g/mol. The molecule has 0 saturated carbocycles. The molecule has 0 bridgehead atoms. The van der Waals surface area contributed by atoms with Gasteiger partial charge in [-0.25, -0.2) is 9.80 Å². The zero-order chi connectivity index (χ0) is 25.2. The topological polar surface area (TPSA) is 114 Å². The summed E-state index contributed by atoms with van der Waals surface area (Å²) in [6.45, 7) is 12.4. The van der Waals surface area contributed by atoms with Crippen molar-refractivity contribution in [2.45, 2.75) is 54.1 Å². The summed E-state index contributed by atoms with van der Waals surface area (Å²) >= 11 is 0. The van der Waals surface area contributed by atoms with Crippen LogP contribution < -0.4 is 10.3 Å². The second-order valence-corrected chi connectivity index (χ2v) is 8.13. The zero-order valence-electron chi connectivity index (χ0n) is 20.5. The molecule has 10 heteroatoms. The van der Waals surface area contributed by atoms with Crippen LogP contribution in [0.4, 0.5) is 10.5 Å². The summed E-state index contributed by atoms with van der Waals surface area (Å²) in [5.74, 6) is -1.47. The minimum absolute atomic E-state index is 0.151. The summed E-state index contributed by atoms with van der Waals surface area (Å²) in [4.78, 5) is 50.6. The Bertz CT molecular complexity index is 829. The van der Waals surface area contributed by atoms with Crippen LogP contribution in [0.5, 0.6) is 0 Å². The Balaban J connectivity index is 3.06. The molecule has 1 rings (SSSR count). The first-order valence-electron chi connectivity index (χ1n) is 10.9. The van der Waals surface area contributed by atoms with Crippen LogP contribution in [-0.2, 0) is 23.8 Å². The fourth-order valence-corrected chi connectivity index (χ4v) is 2.86. The summed E-state index contributed by atoms with van der Waals surface area (Å²) in [5.41, 5.74) is 3.36. The van der Waals surface area contributed by atoms with Crippen LogP contribution in [0.2, 0.25) is 0 Å². The van der Waals surface area contributed by atoms with Crippen LogP contribution >= 0.6 is 0 Å². The smallest absolute Gasteiger partial charge is 0.429 e. The highest BCUT2D eigenvalue weighted by molar-refractivity contribution is 5.96. The van der Waals surface area contributed by atoms with Crippen molar-refractivity contribution >= 4 is 29.6 Å². The van der Waals surface area contributed by atoms with Gasteiger partial charge in [-0.05, 0) is 72.2 Å².